The SMILES string of the molecule is CC1=C(C)C2C=CC(=NC(=O)c3ccccc3)C=C2NC1=O. The number of hydrogen-bond donors (Lipinski definition) is 1. The van der Waals surface area contributed by atoms with Crippen molar-refractivity contribution in [1.82, 2.24) is 5.32 Å². The number of amides is 2. The van der Waals surface area contributed by atoms with E-state index < -0.39 is 0 Å². The molecular formula is C18H16N2O2. The molecule has 1 aromatic carbocycles. The molecule has 1 N–H and O–H groups in total. The van der Waals surface area contributed by atoms with Crippen LogP contribution in [0.1, 0.15) is 24.2 Å². The molecule has 1 heterocycles. The van der Waals surface area contributed by atoms with Gasteiger partial charge in [0.25, 0.3) is 11.8 Å². The number of rotatable bonds is 1. The molecule has 0 saturated carbocycles. The highest BCUT2D eigenvalue weighted by Crippen LogP contribution is 2.29. The van der Waals surface area contributed by atoms with Crippen molar-refractivity contribution in [2.75, 3.05) is 0 Å². The summed E-state index contributed by atoms with van der Waals surface area (Å²) in [7, 11) is 0. The van der Waals surface area contributed by atoms with Crippen LogP contribution in [0.5, 0.6) is 0 Å². The summed E-state index contributed by atoms with van der Waals surface area (Å²) in [6.45, 7) is 3.77. The van der Waals surface area contributed by atoms with Gasteiger partial charge in [-0.25, -0.2) is 4.99 Å². The molecule has 1 atom stereocenters. The Balaban J connectivity index is 1.90. The molecule has 2 amide bonds. The lowest BCUT2D eigenvalue weighted by atomic mass is 9.85. The van der Waals surface area contributed by atoms with E-state index in [1.165, 1.54) is 0 Å². The fourth-order valence-corrected chi connectivity index (χ4v) is 2.56. The quantitative estimate of drug-likeness (QED) is 0.865. The first kappa shape index (κ1) is 14.2. The minimum atomic E-state index is -0.291. The molecule has 1 aromatic rings. The van der Waals surface area contributed by atoms with E-state index in [0.717, 1.165) is 16.8 Å². The van der Waals surface area contributed by atoms with Gasteiger partial charge in [-0.1, -0.05) is 29.8 Å². The monoisotopic (exact) mass is 292 g/mol. The Hall–Kier alpha value is -2.75. The van der Waals surface area contributed by atoms with Crippen LogP contribution in [0.15, 0.2) is 70.4 Å². The van der Waals surface area contributed by atoms with Gasteiger partial charge in [0.15, 0.2) is 0 Å². The fourth-order valence-electron chi connectivity index (χ4n) is 2.56. The number of fused-ring (bicyclic) bond motifs is 1. The van der Waals surface area contributed by atoms with Gasteiger partial charge in [0.1, 0.15) is 0 Å². The lowest BCUT2D eigenvalue weighted by Crippen LogP contribution is -2.35. The van der Waals surface area contributed by atoms with Crippen LogP contribution in [-0.2, 0) is 4.79 Å². The number of aliphatic imine (C=N–C) groups is 1. The third kappa shape index (κ3) is 2.55. The highest BCUT2D eigenvalue weighted by Gasteiger charge is 2.27. The first-order valence-electron chi connectivity index (χ1n) is 7.13. The van der Waals surface area contributed by atoms with Gasteiger partial charge < -0.3 is 5.32 Å². The summed E-state index contributed by atoms with van der Waals surface area (Å²) in [6.07, 6.45) is 5.55. The van der Waals surface area contributed by atoms with Gasteiger partial charge in [0.2, 0.25) is 0 Å². The van der Waals surface area contributed by atoms with E-state index >= 15 is 0 Å². The standard InChI is InChI=1S/C18H16N2O2/c1-11-12(2)17(21)20-16-10-14(8-9-15(11)16)19-18(22)13-6-4-3-5-7-13/h3-10,15H,1-2H3,(H,20,21). The Kier molecular flexibility index (Phi) is 3.59. The van der Waals surface area contributed by atoms with Crippen LogP contribution in [0.25, 0.3) is 0 Å². The number of benzene rings is 1. The molecule has 4 nitrogen and oxygen atoms in total. The van der Waals surface area contributed by atoms with Crippen LogP contribution in [0.4, 0.5) is 0 Å². The molecule has 0 aromatic heterocycles. The van der Waals surface area contributed by atoms with E-state index in [9.17, 15) is 9.59 Å². The summed E-state index contributed by atoms with van der Waals surface area (Å²) in [4.78, 5) is 28.1. The van der Waals surface area contributed by atoms with Crippen molar-refractivity contribution in [3.63, 3.8) is 0 Å². The van der Waals surface area contributed by atoms with Crippen LogP contribution < -0.4 is 5.32 Å². The van der Waals surface area contributed by atoms with Crippen molar-refractivity contribution in [1.29, 1.82) is 0 Å². The second kappa shape index (κ2) is 5.56. The molecule has 1 aliphatic carbocycles. The second-order valence-corrected chi connectivity index (χ2v) is 5.41. The van der Waals surface area contributed by atoms with Gasteiger partial charge in [0, 0.05) is 22.8 Å². The van der Waals surface area contributed by atoms with Gasteiger partial charge in [-0.05, 0) is 38.1 Å². The zero-order valence-electron chi connectivity index (χ0n) is 12.5. The van der Waals surface area contributed by atoms with E-state index in [2.05, 4.69) is 10.3 Å². The first-order chi connectivity index (χ1) is 10.6. The molecule has 1 aliphatic heterocycles. The maximum atomic E-state index is 12.1. The predicted octanol–water partition coefficient (Wildman–Crippen LogP) is 2.80. The van der Waals surface area contributed by atoms with Gasteiger partial charge in [-0.15, -0.1) is 0 Å². The lowest BCUT2D eigenvalue weighted by Gasteiger charge is -2.28. The Morgan fingerprint density at radius 3 is 2.64 bits per heavy atom. The van der Waals surface area contributed by atoms with Crippen molar-refractivity contribution in [2.45, 2.75) is 13.8 Å². The van der Waals surface area contributed by atoms with Gasteiger partial charge in [-0.2, -0.15) is 0 Å². The average Bonchev–Trinajstić information content (AvgIpc) is 2.53. The molecule has 4 heteroatoms. The van der Waals surface area contributed by atoms with E-state index in [1.807, 2.05) is 32.1 Å². The first-order valence-corrected chi connectivity index (χ1v) is 7.13. The number of hydrogen-bond acceptors (Lipinski definition) is 2. The summed E-state index contributed by atoms with van der Waals surface area (Å²) in [5.74, 6) is -0.325. The molecule has 22 heavy (non-hydrogen) atoms. The maximum absolute atomic E-state index is 12.1. The van der Waals surface area contributed by atoms with E-state index in [0.29, 0.717) is 11.3 Å². The third-order valence-corrected chi connectivity index (χ3v) is 4.01. The number of nitrogens with zero attached hydrogens (tertiary/aromatic N) is 1. The summed E-state index contributed by atoms with van der Waals surface area (Å²) >= 11 is 0. The normalized spacial score (nSPS) is 22.3. The third-order valence-electron chi connectivity index (χ3n) is 4.01. The molecule has 0 radical (unpaired) electrons. The second-order valence-electron chi connectivity index (χ2n) is 5.41. The van der Waals surface area contributed by atoms with Crippen molar-refractivity contribution in [2.24, 2.45) is 10.9 Å². The Bertz CT molecular complexity index is 768. The zero-order chi connectivity index (χ0) is 15.7. The maximum Gasteiger partial charge on any atom is 0.277 e. The van der Waals surface area contributed by atoms with Gasteiger partial charge in [0.05, 0.1) is 5.71 Å². The lowest BCUT2D eigenvalue weighted by molar-refractivity contribution is -0.117. The molecule has 3 rings (SSSR count). The Labute approximate surface area is 128 Å². The molecule has 2 aliphatic rings. The molecule has 0 fully saturated rings. The molecule has 0 spiro atoms. The van der Waals surface area contributed by atoms with E-state index in [1.54, 1.807) is 30.3 Å². The molecule has 0 saturated heterocycles. The topological polar surface area (TPSA) is 58.5 Å². The smallest absolute Gasteiger partial charge is 0.277 e. The number of nitrogens with one attached hydrogen (secondary N) is 1. The van der Waals surface area contributed by atoms with Crippen molar-refractivity contribution >= 4 is 17.5 Å². The average molecular weight is 292 g/mol. The van der Waals surface area contributed by atoms with Crippen molar-refractivity contribution < 1.29 is 9.59 Å². The van der Waals surface area contributed by atoms with Crippen LogP contribution in [0.3, 0.4) is 0 Å². The van der Waals surface area contributed by atoms with Crippen molar-refractivity contribution in [3.8, 4) is 0 Å². The number of carbonyl (C=O) groups is 2. The summed E-state index contributed by atoms with van der Waals surface area (Å²) < 4.78 is 0. The minimum Gasteiger partial charge on any atom is -0.325 e. The largest absolute Gasteiger partial charge is 0.325 e. The van der Waals surface area contributed by atoms with E-state index in [-0.39, 0.29) is 17.7 Å². The fraction of sp³-hybridized carbons (Fsp3) is 0.167. The molecule has 110 valence electrons. The highest BCUT2D eigenvalue weighted by molar-refractivity contribution is 6.14. The summed E-state index contributed by atoms with van der Waals surface area (Å²) in [5, 5.41) is 2.86. The van der Waals surface area contributed by atoms with Crippen LogP contribution in [-0.4, -0.2) is 17.5 Å². The van der Waals surface area contributed by atoms with Crippen molar-refractivity contribution in [3.05, 3.63) is 71.0 Å². The van der Waals surface area contributed by atoms with E-state index in [4.69, 9.17) is 0 Å². The zero-order valence-corrected chi connectivity index (χ0v) is 12.5. The van der Waals surface area contributed by atoms with Crippen LogP contribution in [0.2, 0.25) is 0 Å². The highest BCUT2D eigenvalue weighted by atomic mass is 16.2. The Morgan fingerprint density at radius 1 is 1.18 bits per heavy atom. The van der Waals surface area contributed by atoms with Gasteiger partial charge >= 0.3 is 0 Å². The van der Waals surface area contributed by atoms with Crippen LogP contribution in [0, 0.1) is 5.92 Å². The molecule has 1 unspecified atom stereocenters. The summed E-state index contributed by atoms with van der Waals surface area (Å²) in [6, 6.07) is 8.92. The Morgan fingerprint density at radius 2 is 1.91 bits per heavy atom. The summed E-state index contributed by atoms with van der Waals surface area (Å²) in [5.41, 5.74) is 3.64. The van der Waals surface area contributed by atoms with Crippen LogP contribution >= 0.6 is 0 Å². The predicted molar refractivity (Wildman–Crippen MR) is 85.4 cm³/mol. The minimum absolute atomic E-state index is 0.0588. The number of carbonyl (C=O) groups excluding carboxylic acids is 2. The molecule has 0 bridgehead atoms. The van der Waals surface area contributed by atoms with Gasteiger partial charge in [-0.3, -0.25) is 9.59 Å². The molecular weight excluding hydrogens is 276 g/mol. The number of allylic oxidation sites excluding steroid dienone is 3.